The molecule has 1 amide bonds. The van der Waals surface area contributed by atoms with Crippen LogP contribution in [-0.4, -0.2) is 31.5 Å². The number of carbonyl (C=O) groups is 1. The van der Waals surface area contributed by atoms with Crippen molar-refractivity contribution in [1.29, 1.82) is 0 Å². The number of halogens is 3. The number of aromatic nitrogens is 1. The lowest BCUT2D eigenvalue weighted by Gasteiger charge is -2.17. The third-order valence-corrected chi connectivity index (χ3v) is 3.01. The van der Waals surface area contributed by atoms with Crippen LogP contribution in [-0.2, 0) is 10.2 Å². The van der Waals surface area contributed by atoms with Gasteiger partial charge in [-0.05, 0) is 19.1 Å². The Kier molecular flexibility index (Phi) is 4.02. The van der Waals surface area contributed by atoms with Crippen LogP contribution < -0.4 is 9.44 Å². The Morgan fingerprint density at radius 1 is 1.44 bits per heavy atom. The van der Waals surface area contributed by atoms with Crippen LogP contribution in [0.15, 0.2) is 18.3 Å². The van der Waals surface area contributed by atoms with Crippen molar-refractivity contribution in [3.63, 3.8) is 0 Å². The second kappa shape index (κ2) is 4.98. The summed E-state index contributed by atoms with van der Waals surface area (Å²) in [5.41, 5.74) is -0.0833. The molecule has 0 aromatic carbocycles. The van der Waals surface area contributed by atoms with Gasteiger partial charge in [0.15, 0.2) is 0 Å². The average molecular weight is 285 g/mol. The Morgan fingerprint density at radius 3 is 2.50 bits per heavy atom. The predicted octanol–water partition coefficient (Wildman–Crippen LogP) is 0.530. The summed E-state index contributed by atoms with van der Waals surface area (Å²) < 4.78 is 61.6. The van der Waals surface area contributed by atoms with Gasteiger partial charge in [-0.1, -0.05) is 0 Å². The minimum atomic E-state index is -4.73. The molecule has 0 saturated heterocycles. The van der Waals surface area contributed by atoms with E-state index in [0.29, 0.717) is 6.92 Å². The average Bonchev–Trinajstić information content (AvgIpc) is 2.66. The molecule has 1 atom stereocenters. The summed E-state index contributed by atoms with van der Waals surface area (Å²) in [6, 6.07) is 0.414. The highest BCUT2D eigenvalue weighted by atomic mass is 32.2. The first-order chi connectivity index (χ1) is 8.12. The van der Waals surface area contributed by atoms with Crippen molar-refractivity contribution < 1.29 is 26.4 Å². The third-order valence-electron chi connectivity index (χ3n) is 1.89. The fourth-order valence-electron chi connectivity index (χ4n) is 0.978. The number of alkyl halides is 3. The molecule has 1 heterocycles. The van der Waals surface area contributed by atoms with Crippen molar-refractivity contribution in [3.05, 3.63) is 24.0 Å². The standard InChI is InChI=1S/C8H10F3N3O3S/c1-5(8(9,10)11)13-18(16,17)14-7(15)6-3-2-4-12-6/h2-5,12-13H,1H3,(H,14,15)/t5-/m1/s1. The first kappa shape index (κ1) is 14.5. The van der Waals surface area contributed by atoms with E-state index in [4.69, 9.17) is 0 Å². The van der Waals surface area contributed by atoms with E-state index < -0.39 is 28.3 Å². The summed E-state index contributed by atoms with van der Waals surface area (Å²) in [6.07, 6.45) is -3.36. The van der Waals surface area contributed by atoms with Crippen LogP contribution in [0.1, 0.15) is 17.4 Å². The first-order valence-corrected chi connectivity index (χ1v) is 6.14. The molecule has 0 unspecified atom stereocenters. The number of aromatic amines is 1. The van der Waals surface area contributed by atoms with E-state index in [9.17, 15) is 26.4 Å². The van der Waals surface area contributed by atoms with E-state index in [2.05, 4.69) is 4.98 Å². The maximum absolute atomic E-state index is 12.1. The van der Waals surface area contributed by atoms with Gasteiger partial charge in [0, 0.05) is 6.20 Å². The highest BCUT2D eigenvalue weighted by Crippen LogP contribution is 2.19. The van der Waals surface area contributed by atoms with Crippen LogP contribution in [0.4, 0.5) is 13.2 Å². The van der Waals surface area contributed by atoms with Crippen molar-refractivity contribution in [2.45, 2.75) is 19.1 Å². The summed E-state index contributed by atoms with van der Waals surface area (Å²) in [5.74, 6) is -1.05. The van der Waals surface area contributed by atoms with Gasteiger partial charge in [0.1, 0.15) is 11.7 Å². The van der Waals surface area contributed by atoms with Gasteiger partial charge in [-0.15, -0.1) is 0 Å². The summed E-state index contributed by atoms with van der Waals surface area (Å²) in [4.78, 5) is 13.7. The van der Waals surface area contributed by atoms with Crippen molar-refractivity contribution >= 4 is 16.1 Å². The van der Waals surface area contributed by atoms with E-state index in [-0.39, 0.29) is 5.69 Å². The van der Waals surface area contributed by atoms with E-state index in [1.54, 1.807) is 0 Å². The molecule has 102 valence electrons. The molecule has 6 nitrogen and oxygen atoms in total. The Morgan fingerprint density at radius 2 is 2.06 bits per heavy atom. The topological polar surface area (TPSA) is 91.1 Å². The number of H-pyrrole nitrogens is 1. The second-order valence-electron chi connectivity index (χ2n) is 3.40. The van der Waals surface area contributed by atoms with E-state index in [0.717, 1.165) is 0 Å². The van der Waals surface area contributed by atoms with Gasteiger partial charge in [0.2, 0.25) is 0 Å². The maximum atomic E-state index is 12.1. The van der Waals surface area contributed by atoms with Crippen LogP contribution >= 0.6 is 0 Å². The Bertz CT molecular complexity index is 509. The monoisotopic (exact) mass is 285 g/mol. The normalized spacial score (nSPS) is 14.2. The Hall–Kier alpha value is -1.55. The molecule has 0 saturated carbocycles. The minimum Gasteiger partial charge on any atom is -0.357 e. The predicted molar refractivity (Wildman–Crippen MR) is 55.8 cm³/mol. The molecule has 0 bridgehead atoms. The third kappa shape index (κ3) is 4.04. The molecule has 1 aromatic heterocycles. The number of nitrogens with one attached hydrogen (secondary N) is 3. The molecule has 0 fully saturated rings. The molecule has 10 heteroatoms. The summed E-state index contributed by atoms with van der Waals surface area (Å²) in [7, 11) is -4.58. The smallest absolute Gasteiger partial charge is 0.357 e. The van der Waals surface area contributed by atoms with Crippen LogP contribution in [0.25, 0.3) is 0 Å². The summed E-state index contributed by atoms with van der Waals surface area (Å²) in [5, 5.41) is 0. The molecule has 1 aromatic rings. The van der Waals surface area contributed by atoms with Gasteiger partial charge in [-0.25, -0.2) is 4.72 Å². The quantitative estimate of drug-likeness (QED) is 0.753. The zero-order valence-electron chi connectivity index (χ0n) is 9.08. The van der Waals surface area contributed by atoms with Crippen molar-refractivity contribution in [1.82, 2.24) is 14.4 Å². The van der Waals surface area contributed by atoms with E-state index in [1.807, 2.05) is 0 Å². The van der Waals surface area contributed by atoms with Gasteiger partial charge in [0.05, 0.1) is 0 Å². The highest BCUT2D eigenvalue weighted by Gasteiger charge is 2.38. The Balaban J connectivity index is 2.69. The highest BCUT2D eigenvalue weighted by molar-refractivity contribution is 7.88. The lowest BCUT2D eigenvalue weighted by atomic mass is 10.4. The molecule has 1 rings (SSSR count). The second-order valence-corrected chi connectivity index (χ2v) is 4.85. The van der Waals surface area contributed by atoms with Gasteiger partial charge < -0.3 is 4.98 Å². The molecular weight excluding hydrogens is 275 g/mol. The molecule has 0 aliphatic heterocycles. The van der Waals surface area contributed by atoms with Crippen molar-refractivity contribution in [2.24, 2.45) is 0 Å². The zero-order valence-corrected chi connectivity index (χ0v) is 9.89. The largest absolute Gasteiger partial charge is 0.404 e. The SMILES string of the molecule is C[C@@H](NS(=O)(=O)NC(=O)c1ccc[nH]1)C(F)(F)F. The van der Waals surface area contributed by atoms with Crippen LogP contribution in [0.2, 0.25) is 0 Å². The van der Waals surface area contributed by atoms with Gasteiger partial charge in [-0.2, -0.15) is 26.3 Å². The molecular formula is C8H10F3N3O3S. The number of amides is 1. The van der Waals surface area contributed by atoms with Crippen LogP contribution in [0.5, 0.6) is 0 Å². The lowest BCUT2D eigenvalue weighted by Crippen LogP contribution is -2.49. The van der Waals surface area contributed by atoms with Crippen LogP contribution in [0.3, 0.4) is 0 Å². The number of hydrogen-bond donors (Lipinski definition) is 3. The minimum absolute atomic E-state index is 0.0833. The van der Waals surface area contributed by atoms with E-state index >= 15 is 0 Å². The van der Waals surface area contributed by atoms with Crippen LogP contribution in [0, 0.1) is 0 Å². The van der Waals surface area contributed by atoms with Gasteiger partial charge in [-0.3, -0.25) is 4.79 Å². The molecule has 0 radical (unpaired) electrons. The maximum Gasteiger partial charge on any atom is 0.404 e. The fourth-order valence-corrected chi connectivity index (χ4v) is 1.99. The fraction of sp³-hybridized carbons (Fsp3) is 0.375. The van der Waals surface area contributed by atoms with Crippen molar-refractivity contribution in [3.8, 4) is 0 Å². The zero-order chi connectivity index (χ0) is 14.0. The molecule has 0 aliphatic carbocycles. The number of rotatable bonds is 4. The Labute approximate surface area is 101 Å². The summed E-state index contributed by atoms with van der Waals surface area (Å²) in [6.45, 7) is 0.623. The summed E-state index contributed by atoms with van der Waals surface area (Å²) >= 11 is 0. The molecule has 3 N–H and O–H groups in total. The molecule has 0 aliphatic rings. The molecule has 0 spiro atoms. The van der Waals surface area contributed by atoms with Gasteiger partial charge in [0.25, 0.3) is 5.91 Å². The lowest BCUT2D eigenvalue weighted by molar-refractivity contribution is -0.147. The number of hydrogen-bond acceptors (Lipinski definition) is 3. The molecule has 18 heavy (non-hydrogen) atoms. The van der Waals surface area contributed by atoms with Crippen molar-refractivity contribution in [2.75, 3.05) is 0 Å². The first-order valence-electron chi connectivity index (χ1n) is 4.66. The number of carbonyl (C=O) groups excluding carboxylic acids is 1. The van der Waals surface area contributed by atoms with E-state index in [1.165, 1.54) is 27.8 Å². The van der Waals surface area contributed by atoms with Gasteiger partial charge >= 0.3 is 16.4 Å².